The van der Waals surface area contributed by atoms with Crippen LogP contribution in [-0.4, -0.2) is 22.8 Å². The highest BCUT2D eigenvalue weighted by atomic mass is 79.9. The predicted molar refractivity (Wildman–Crippen MR) is 76.6 cm³/mol. The summed E-state index contributed by atoms with van der Waals surface area (Å²) in [6, 6.07) is 7.21. The number of nitrogens with one attached hydrogen (secondary N) is 1. The molecule has 2 rings (SSSR count). The fourth-order valence-electron chi connectivity index (χ4n) is 1.67. The fourth-order valence-corrected chi connectivity index (χ4v) is 1.92. The number of carbonyl (C=O) groups is 1. The number of rotatable bonds is 3. The summed E-state index contributed by atoms with van der Waals surface area (Å²) in [4.78, 5) is 12.0. The summed E-state index contributed by atoms with van der Waals surface area (Å²) in [5, 5.41) is 6.89. The number of aryl methyl sites for hydroxylation is 2. The summed E-state index contributed by atoms with van der Waals surface area (Å²) in [5.41, 5.74) is 2.10. The molecule has 1 aromatic heterocycles. The van der Waals surface area contributed by atoms with E-state index in [4.69, 9.17) is 4.74 Å². The monoisotopic (exact) mass is 323 g/mol. The van der Waals surface area contributed by atoms with Crippen LogP contribution in [0.1, 0.15) is 16.1 Å². The molecular weight excluding hydrogens is 310 g/mol. The van der Waals surface area contributed by atoms with Crippen LogP contribution in [0.25, 0.3) is 0 Å². The molecule has 2 aromatic rings. The number of anilines is 1. The summed E-state index contributed by atoms with van der Waals surface area (Å²) >= 11 is 3.42. The predicted octanol–water partition coefficient (Wildman–Crippen LogP) is 2.75. The van der Waals surface area contributed by atoms with Crippen LogP contribution in [0.4, 0.5) is 5.69 Å². The minimum absolute atomic E-state index is 0.263. The van der Waals surface area contributed by atoms with Gasteiger partial charge in [0.25, 0.3) is 5.91 Å². The molecule has 0 aliphatic heterocycles. The van der Waals surface area contributed by atoms with E-state index < -0.39 is 0 Å². The molecular formula is C13H14BrN3O2. The largest absolute Gasteiger partial charge is 0.481 e. The number of halogens is 1. The number of carbonyl (C=O) groups excluding carboxylic acids is 1. The van der Waals surface area contributed by atoms with Gasteiger partial charge in [-0.3, -0.25) is 4.79 Å². The lowest BCUT2D eigenvalue weighted by molar-refractivity contribution is 0.102. The van der Waals surface area contributed by atoms with Crippen LogP contribution in [0.2, 0.25) is 0 Å². The molecule has 1 aromatic carbocycles. The first kappa shape index (κ1) is 13.6. The Labute approximate surface area is 119 Å². The third-order valence-electron chi connectivity index (χ3n) is 2.69. The van der Waals surface area contributed by atoms with Crippen LogP contribution in [0, 0.1) is 6.92 Å². The van der Waals surface area contributed by atoms with E-state index in [1.54, 1.807) is 13.1 Å². The molecule has 0 bridgehead atoms. The Morgan fingerprint density at radius 3 is 2.74 bits per heavy atom. The maximum atomic E-state index is 12.0. The molecule has 100 valence electrons. The maximum absolute atomic E-state index is 12.0. The highest BCUT2D eigenvalue weighted by Gasteiger charge is 2.13. The minimum Gasteiger partial charge on any atom is -0.481 e. The first-order valence-electron chi connectivity index (χ1n) is 5.67. The van der Waals surface area contributed by atoms with Crippen molar-refractivity contribution in [3.8, 4) is 5.88 Å². The number of methoxy groups -OCH3 is 1. The average molecular weight is 324 g/mol. The van der Waals surface area contributed by atoms with Crippen LogP contribution in [0.15, 0.2) is 28.7 Å². The van der Waals surface area contributed by atoms with Gasteiger partial charge in [-0.1, -0.05) is 15.9 Å². The Hall–Kier alpha value is -1.82. The zero-order valence-electron chi connectivity index (χ0n) is 10.9. The standard InChI is InChI=1S/C13H14BrN3O2/c1-8-6-9(4-5-10(8)14)15-13(18)11-7-12(19-3)17(2)16-11/h4-7H,1-3H3,(H,15,18). The number of benzene rings is 1. The second-order valence-corrected chi connectivity index (χ2v) is 4.97. The van der Waals surface area contributed by atoms with Gasteiger partial charge in [0, 0.05) is 23.3 Å². The van der Waals surface area contributed by atoms with Crippen LogP contribution in [0.5, 0.6) is 5.88 Å². The van der Waals surface area contributed by atoms with Crippen LogP contribution in [-0.2, 0) is 7.05 Å². The van der Waals surface area contributed by atoms with Crippen molar-refractivity contribution in [1.29, 1.82) is 0 Å². The van der Waals surface area contributed by atoms with Crippen molar-refractivity contribution in [2.75, 3.05) is 12.4 Å². The third kappa shape index (κ3) is 2.96. The molecule has 0 aliphatic carbocycles. The molecule has 19 heavy (non-hydrogen) atoms. The van der Waals surface area contributed by atoms with Crippen molar-refractivity contribution in [2.45, 2.75) is 6.92 Å². The van der Waals surface area contributed by atoms with Gasteiger partial charge in [0.1, 0.15) is 0 Å². The molecule has 0 unspecified atom stereocenters. The lowest BCUT2D eigenvalue weighted by atomic mass is 10.2. The van der Waals surface area contributed by atoms with Gasteiger partial charge in [-0.2, -0.15) is 5.10 Å². The fraction of sp³-hybridized carbons (Fsp3) is 0.231. The van der Waals surface area contributed by atoms with Gasteiger partial charge in [0.05, 0.1) is 7.11 Å². The van der Waals surface area contributed by atoms with Crippen molar-refractivity contribution in [2.24, 2.45) is 7.05 Å². The summed E-state index contributed by atoms with van der Waals surface area (Å²) in [7, 11) is 3.26. The summed E-state index contributed by atoms with van der Waals surface area (Å²) in [5.74, 6) is 0.276. The number of ether oxygens (including phenoxy) is 1. The van der Waals surface area contributed by atoms with Crippen molar-refractivity contribution < 1.29 is 9.53 Å². The summed E-state index contributed by atoms with van der Waals surface area (Å²) < 4.78 is 7.60. The average Bonchev–Trinajstić information content (AvgIpc) is 2.75. The normalized spacial score (nSPS) is 10.3. The van der Waals surface area contributed by atoms with Gasteiger partial charge in [-0.05, 0) is 30.7 Å². The Morgan fingerprint density at radius 1 is 1.42 bits per heavy atom. The molecule has 0 aliphatic rings. The molecule has 1 N–H and O–H groups in total. The summed E-state index contributed by atoms with van der Waals surface area (Å²) in [6.07, 6.45) is 0. The van der Waals surface area contributed by atoms with Gasteiger partial charge in [0.15, 0.2) is 5.69 Å². The number of hydrogen-bond donors (Lipinski definition) is 1. The van der Waals surface area contributed by atoms with E-state index >= 15 is 0 Å². The molecule has 6 heteroatoms. The van der Waals surface area contributed by atoms with Crippen LogP contribution < -0.4 is 10.1 Å². The van der Waals surface area contributed by atoms with E-state index in [1.807, 2.05) is 25.1 Å². The quantitative estimate of drug-likeness (QED) is 0.944. The molecule has 5 nitrogen and oxygen atoms in total. The molecule has 0 saturated carbocycles. The molecule has 0 fully saturated rings. The van der Waals surface area contributed by atoms with Crippen molar-refractivity contribution in [3.63, 3.8) is 0 Å². The lowest BCUT2D eigenvalue weighted by Gasteiger charge is -2.05. The van der Waals surface area contributed by atoms with E-state index in [9.17, 15) is 4.79 Å². The molecule has 0 atom stereocenters. The van der Waals surface area contributed by atoms with E-state index in [-0.39, 0.29) is 5.91 Å². The van der Waals surface area contributed by atoms with E-state index in [2.05, 4.69) is 26.3 Å². The Bertz CT molecular complexity index is 622. The molecule has 1 amide bonds. The highest BCUT2D eigenvalue weighted by Crippen LogP contribution is 2.20. The minimum atomic E-state index is -0.263. The van der Waals surface area contributed by atoms with E-state index in [0.717, 1.165) is 15.7 Å². The number of hydrogen-bond acceptors (Lipinski definition) is 3. The summed E-state index contributed by atoms with van der Waals surface area (Å²) in [6.45, 7) is 1.96. The Morgan fingerprint density at radius 2 is 2.16 bits per heavy atom. The lowest BCUT2D eigenvalue weighted by Crippen LogP contribution is -2.13. The Balaban J connectivity index is 2.18. The molecule has 1 heterocycles. The van der Waals surface area contributed by atoms with Crippen molar-refractivity contribution >= 4 is 27.5 Å². The van der Waals surface area contributed by atoms with Crippen LogP contribution >= 0.6 is 15.9 Å². The zero-order chi connectivity index (χ0) is 14.0. The topological polar surface area (TPSA) is 56.1 Å². The number of aromatic nitrogens is 2. The number of nitrogens with zero attached hydrogens (tertiary/aromatic N) is 2. The zero-order valence-corrected chi connectivity index (χ0v) is 12.5. The smallest absolute Gasteiger partial charge is 0.276 e. The van der Waals surface area contributed by atoms with Gasteiger partial charge >= 0.3 is 0 Å². The van der Waals surface area contributed by atoms with E-state index in [1.165, 1.54) is 11.8 Å². The van der Waals surface area contributed by atoms with Gasteiger partial charge in [-0.25, -0.2) is 4.68 Å². The van der Waals surface area contributed by atoms with E-state index in [0.29, 0.717) is 11.6 Å². The SMILES string of the molecule is COc1cc(C(=O)Nc2ccc(Br)c(C)c2)nn1C. The number of amides is 1. The first-order valence-corrected chi connectivity index (χ1v) is 6.46. The second kappa shape index (κ2) is 5.44. The molecule has 0 spiro atoms. The highest BCUT2D eigenvalue weighted by molar-refractivity contribution is 9.10. The second-order valence-electron chi connectivity index (χ2n) is 4.11. The Kier molecular flexibility index (Phi) is 3.90. The van der Waals surface area contributed by atoms with Crippen LogP contribution in [0.3, 0.4) is 0 Å². The third-order valence-corrected chi connectivity index (χ3v) is 3.58. The first-order chi connectivity index (χ1) is 9.01. The molecule has 0 radical (unpaired) electrons. The van der Waals surface area contributed by atoms with Gasteiger partial charge in [-0.15, -0.1) is 0 Å². The van der Waals surface area contributed by atoms with Gasteiger partial charge < -0.3 is 10.1 Å². The molecule has 0 saturated heterocycles. The maximum Gasteiger partial charge on any atom is 0.276 e. The van der Waals surface area contributed by atoms with Crippen molar-refractivity contribution in [1.82, 2.24) is 9.78 Å². The van der Waals surface area contributed by atoms with Gasteiger partial charge in [0.2, 0.25) is 5.88 Å². The van der Waals surface area contributed by atoms with Crippen molar-refractivity contribution in [3.05, 3.63) is 40.0 Å².